The SMILES string of the molecule is C[C@H](NC(=O)/C=C/c1ccc(Cl)cc1)C(=O)O. The van der Waals surface area contributed by atoms with Crippen LogP contribution < -0.4 is 5.32 Å². The Morgan fingerprint density at radius 2 is 1.94 bits per heavy atom. The molecule has 1 aromatic carbocycles. The Kier molecular flexibility index (Phi) is 4.72. The molecule has 0 aromatic heterocycles. The molecule has 1 aromatic rings. The smallest absolute Gasteiger partial charge is 0.325 e. The fraction of sp³-hybridized carbons (Fsp3) is 0.167. The molecule has 0 unspecified atom stereocenters. The largest absolute Gasteiger partial charge is 0.480 e. The Bertz CT molecular complexity index is 440. The predicted molar refractivity (Wildman–Crippen MR) is 65.7 cm³/mol. The van der Waals surface area contributed by atoms with E-state index in [4.69, 9.17) is 16.7 Å². The Morgan fingerprint density at radius 3 is 2.47 bits per heavy atom. The van der Waals surface area contributed by atoms with Gasteiger partial charge in [-0.05, 0) is 30.7 Å². The van der Waals surface area contributed by atoms with E-state index in [1.165, 1.54) is 13.0 Å². The fourth-order valence-electron chi connectivity index (χ4n) is 1.07. The van der Waals surface area contributed by atoms with Gasteiger partial charge >= 0.3 is 5.97 Å². The third-order valence-corrected chi connectivity index (χ3v) is 2.28. The van der Waals surface area contributed by atoms with Crippen LogP contribution in [-0.4, -0.2) is 23.0 Å². The number of aliphatic carboxylic acids is 1. The van der Waals surface area contributed by atoms with Gasteiger partial charge in [-0.25, -0.2) is 0 Å². The van der Waals surface area contributed by atoms with E-state index in [0.717, 1.165) is 5.56 Å². The number of carbonyl (C=O) groups is 2. The predicted octanol–water partition coefficient (Wildman–Crippen LogP) is 1.94. The van der Waals surface area contributed by atoms with Gasteiger partial charge in [-0.15, -0.1) is 0 Å². The molecule has 90 valence electrons. The van der Waals surface area contributed by atoms with Crippen molar-refractivity contribution in [3.05, 3.63) is 40.9 Å². The van der Waals surface area contributed by atoms with E-state index in [1.54, 1.807) is 30.3 Å². The van der Waals surface area contributed by atoms with E-state index in [-0.39, 0.29) is 0 Å². The van der Waals surface area contributed by atoms with Gasteiger partial charge in [-0.1, -0.05) is 23.7 Å². The Balaban J connectivity index is 2.56. The van der Waals surface area contributed by atoms with E-state index in [0.29, 0.717) is 5.02 Å². The van der Waals surface area contributed by atoms with Crippen molar-refractivity contribution >= 4 is 29.6 Å². The van der Waals surface area contributed by atoms with Crippen molar-refractivity contribution in [2.75, 3.05) is 0 Å². The summed E-state index contributed by atoms with van der Waals surface area (Å²) in [4.78, 5) is 21.8. The molecule has 1 amide bonds. The Morgan fingerprint density at radius 1 is 1.35 bits per heavy atom. The third kappa shape index (κ3) is 4.70. The molecular formula is C12H12ClNO3. The lowest BCUT2D eigenvalue weighted by atomic mass is 10.2. The van der Waals surface area contributed by atoms with Crippen LogP contribution in [0.15, 0.2) is 30.3 Å². The average molecular weight is 254 g/mol. The van der Waals surface area contributed by atoms with Crippen LogP contribution in [0.5, 0.6) is 0 Å². The van der Waals surface area contributed by atoms with Gasteiger partial charge in [0.05, 0.1) is 0 Å². The van der Waals surface area contributed by atoms with Gasteiger partial charge in [0, 0.05) is 11.1 Å². The fourth-order valence-corrected chi connectivity index (χ4v) is 1.20. The van der Waals surface area contributed by atoms with Crippen LogP contribution in [0.4, 0.5) is 0 Å². The Hall–Kier alpha value is -1.81. The molecule has 0 heterocycles. The highest BCUT2D eigenvalue weighted by molar-refractivity contribution is 6.30. The molecule has 0 aliphatic rings. The molecule has 1 atom stereocenters. The number of hydrogen-bond donors (Lipinski definition) is 2. The zero-order valence-electron chi connectivity index (χ0n) is 9.18. The van der Waals surface area contributed by atoms with E-state index in [1.807, 2.05) is 0 Å². The molecule has 17 heavy (non-hydrogen) atoms. The third-order valence-electron chi connectivity index (χ3n) is 2.03. The van der Waals surface area contributed by atoms with Crippen LogP contribution in [0, 0.1) is 0 Å². The lowest BCUT2D eigenvalue weighted by molar-refractivity contribution is -0.140. The maximum Gasteiger partial charge on any atom is 0.325 e. The molecule has 0 aliphatic heterocycles. The summed E-state index contributed by atoms with van der Waals surface area (Å²) in [5.74, 6) is -1.52. The van der Waals surface area contributed by atoms with Crippen molar-refractivity contribution in [1.82, 2.24) is 5.32 Å². The number of hydrogen-bond acceptors (Lipinski definition) is 2. The molecule has 1 rings (SSSR count). The van der Waals surface area contributed by atoms with Crippen molar-refractivity contribution in [3.63, 3.8) is 0 Å². The molecule has 0 spiro atoms. The number of carbonyl (C=O) groups excluding carboxylic acids is 1. The number of carboxylic acids is 1. The first-order valence-electron chi connectivity index (χ1n) is 4.96. The molecule has 0 aliphatic carbocycles. The highest BCUT2D eigenvalue weighted by atomic mass is 35.5. The first-order valence-corrected chi connectivity index (χ1v) is 5.34. The first-order chi connectivity index (χ1) is 7.99. The normalized spacial score (nSPS) is 12.4. The summed E-state index contributed by atoms with van der Waals surface area (Å²) in [5.41, 5.74) is 0.813. The Labute approximate surface area is 104 Å². The summed E-state index contributed by atoms with van der Waals surface area (Å²) >= 11 is 5.71. The lowest BCUT2D eigenvalue weighted by Gasteiger charge is -2.05. The maximum absolute atomic E-state index is 11.3. The molecule has 4 nitrogen and oxygen atoms in total. The van der Waals surface area contributed by atoms with Gasteiger partial charge in [-0.3, -0.25) is 9.59 Å². The van der Waals surface area contributed by atoms with Crippen LogP contribution in [0.2, 0.25) is 5.02 Å². The minimum Gasteiger partial charge on any atom is -0.480 e. The van der Waals surface area contributed by atoms with Gasteiger partial charge in [0.15, 0.2) is 0 Å². The van der Waals surface area contributed by atoms with Crippen LogP contribution >= 0.6 is 11.6 Å². The zero-order valence-corrected chi connectivity index (χ0v) is 9.94. The van der Waals surface area contributed by atoms with E-state index in [9.17, 15) is 9.59 Å². The van der Waals surface area contributed by atoms with Gasteiger partial charge in [0.2, 0.25) is 5.91 Å². The van der Waals surface area contributed by atoms with Crippen molar-refractivity contribution in [2.24, 2.45) is 0 Å². The number of carboxylic acid groups (broad SMARTS) is 1. The number of benzene rings is 1. The molecule has 0 radical (unpaired) electrons. The van der Waals surface area contributed by atoms with E-state index >= 15 is 0 Å². The van der Waals surface area contributed by atoms with Crippen molar-refractivity contribution in [2.45, 2.75) is 13.0 Å². The second-order valence-corrected chi connectivity index (χ2v) is 3.89. The molecule has 0 bridgehead atoms. The summed E-state index contributed by atoms with van der Waals surface area (Å²) < 4.78 is 0. The molecule has 0 fully saturated rings. The lowest BCUT2D eigenvalue weighted by Crippen LogP contribution is -2.37. The molecule has 5 heteroatoms. The second-order valence-electron chi connectivity index (χ2n) is 3.45. The molecule has 2 N–H and O–H groups in total. The summed E-state index contributed by atoms with van der Waals surface area (Å²) in [6, 6.07) is 6.02. The van der Waals surface area contributed by atoms with Crippen LogP contribution in [-0.2, 0) is 9.59 Å². The summed E-state index contributed by atoms with van der Waals surface area (Å²) in [6.07, 6.45) is 2.86. The first kappa shape index (κ1) is 13.3. The van der Waals surface area contributed by atoms with Gasteiger partial charge in [0.1, 0.15) is 6.04 Å². The second kappa shape index (κ2) is 6.06. The van der Waals surface area contributed by atoms with Crippen molar-refractivity contribution in [1.29, 1.82) is 0 Å². The standard InChI is InChI=1S/C12H12ClNO3/c1-8(12(16)17)14-11(15)7-4-9-2-5-10(13)6-3-9/h2-8H,1H3,(H,14,15)(H,16,17)/b7-4+/t8-/m0/s1. The van der Waals surface area contributed by atoms with Crippen molar-refractivity contribution in [3.8, 4) is 0 Å². The topological polar surface area (TPSA) is 66.4 Å². The van der Waals surface area contributed by atoms with Crippen LogP contribution in [0.3, 0.4) is 0 Å². The summed E-state index contributed by atoms with van der Waals surface area (Å²) in [7, 11) is 0. The van der Waals surface area contributed by atoms with E-state index in [2.05, 4.69) is 5.32 Å². The monoisotopic (exact) mass is 253 g/mol. The number of rotatable bonds is 4. The minimum absolute atomic E-state index is 0.449. The van der Waals surface area contributed by atoms with E-state index < -0.39 is 17.9 Å². The number of nitrogens with one attached hydrogen (secondary N) is 1. The van der Waals surface area contributed by atoms with Crippen molar-refractivity contribution < 1.29 is 14.7 Å². The molecular weight excluding hydrogens is 242 g/mol. The van der Waals surface area contributed by atoms with Gasteiger partial charge in [-0.2, -0.15) is 0 Å². The highest BCUT2D eigenvalue weighted by Gasteiger charge is 2.11. The highest BCUT2D eigenvalue weighted by Crippen LogP contribution is 2.10. The molecule has 0 saturated carbocycles. The van der Waals surface area contributed by atoms with Gasteiger partial charge < -0.3 is 10.4 Å². The number of amides is 1. The quantitative estimate of drug-likeness (QED) is 0.806. The maximum atomic E-state index is 11.3. The summed E-state index contributed by atoms with van der Waals surface area (Å²) in [6.45, 7) is 1.40. The van der Waals surface area contributed by atoms with Crippen LogP contribution in [0.1, 0.15) is 12.5 Å². The zero-order chi connectivity index (χ0) is 12.8. The number of halogens is 1. The average Bonchev–Trinajstić information content (AvgIpc) is 2.28. The van der Waals surface area contributed by atoms with Crippen LogP contribution in [0.25, 0.3) is 6.08 Å². The minimum atomic E-state index is -1.07. The summed E-state index contributed by atoms with van der Waals surface area (Å²) in [5, 5.41) is 11.5. The molecule has 0 saturated heterocycles. The van der Waals surface area contributed by atoms with Gasteiger partial charge in [0.25, 0.3) is 0 Å².